The topological polar surface area (TPSA) is 69.6 Å². The summed E-state index contributed by atoms with van der Waals surface area (Å²) in [5, 5.41) is 0. The third-order valence-corrected chi connectivity index (χ3v) is 7.32. The van der Waals surface area contributed by atoms with Crippen LogP contribution in [0.2, 0.25) is 0 Å². The smallest absolute Gasteiger partial charge is 0.236 e. The number of amides is 2. The zero-order valence-corrected chi connectivity index (χ0v) is 19.8. The van der Waals surface area contributed by atoms with Gasteiger partial charge in [0.15, 0.2) is 0 Å². The predicted molar refractivity (Wildman–Crippen MR) is 129 cm³/mol. The Hall–Kier alpha value is -2.51. The molecular weight excluding hydrogens is 438 g/mol. The molecule has 2 amide bonds. The highest BCUT2D eigenvalue weighted by Crippen LogP contribution is 2.44. The average molecular weight is 470 g/mol. The molecule has 0 bridgehead atoms. The van der Waals surface area contributed by atoms with E-state index in [2.05, 4.69) is 38.0 Å². The number of benzene rings is 1. The molecular formula is C25H32ClN5O2. The van der Waals surface area contributed by atoms with Crippen LogP contribution in [0.5, 0.6) is 0 Å². The van der Waals surface area contributed by atoms with Gasteiger partial charge in [-0.25, -0.2) is 9.97 Å². The Labute approximate surface area is 201 Å². The molecule has 2 fully saturated rings. The Morgan fingerprint density at radius 1 is 0.848 bits per heavy atom. The Balaban J connectivity index is 0.00000259. The zero-order valence-electron chi connectivity index (χ0n) is 19.0. The van der Waals surface area contributed by atoms with Crippen molar-refractivity contribution in [3.8, 4) is 0 Å². The highest BCUT2D eigenvalue weighted by atomic mass is 35.5. The SMILES string of the molecule is Cl.O=C1CC2(CCc3ccccc3C2)C(=O)N1CCCCN1CCN(c2ncccn2)CC1. The lowest BCUT2D eigenvalue weighted by atomic mass is 9.70. The van der Waals surface area contributed by atoms with Gasteiger partial charge in [-0.2, -0.15) is 0 Å². The molecule has 1 atom stereocenters. The lowest BCUT2D eigenvalue weighted by Gasteiger charge is -2.34. The van der Waals surface area contributed by atoms with Crippen molar-refractivity contribution in [3.63, 3.8) is 0 Å². The number of unbranched alkanes of at least 4 members (excludes halogenated alkanes) is 1. The maximum atomic E-state index is 13.2. The fourth-order valence-electron chi connectivity index (χ4n) is 5.45. The van der Waals surface area contributed by atoms with Gasteiger partial charge in [0.25, 0.3) is 0 Å². The summed E-state index contributed by atoms with van der Waals surface area (Å²) in [7, 11) is 0. The lowest BCUT2D eigenvalue weighted by Crippen LogP contribution is -2.47. The van der Waals surface area contributed by atoms with Gasteiger partial charge >= 0.3 is 0 Å². The highest BCUT2D eigenvalue weighted by Gasteiger charge is 2.52. The van der Waals surface area contributed by atoms with E-state index in [1.54, 1.807) is 17.3 Å². The van der Waals surface area contributed by atoms with Crippen molar-refractivity contribution in [2.24, 2.45) is 5.41 Å². The third-order valence-electron chi connectivity index (χ3n) is 7.32. The van der Waals surface area contributed by atoms with Gasteiger partial charge in [0.1, 0.15) is 0 Å². The molecule has 2 aliphatic heterocycles. The normalized spacial score (nSPS) is 23.0. The second-order valence-electron chi connectivity index (χ2n) is 9.34. The van der Waals surface area contributed by atoms with Gasteiger partial charge in [-0.1, -0.05) is 24.3 Å². The fourth-order valence-corrected chi connectivity index (χ4v) is 5.45. The van der Waals surface area contributed by atoms with Gasteiger partial charge < -0.3 is 4.90 Å². The number of likely N-dealkylation sites (tertiary alicyclic amines) is 1. The molecule has 7 nitrogen and oxygen atoms in total. The minimum Gasteiger partial charge on any atom is -0.338 e. The van der Waals surface area contributed by atoms with Gasteiger partial charge in [-0.05, 0) is 55.8 Å². The van der Waals surface area contributed by atoms with Crippen LogP contribution in [0, 0.1) is 5.41 Å². The van der Waals surface area contributed by atoms with E-state index in [4.69, 9.17) is 0 Å². The molecule has 2 aromatic rings. The summed E-state index contributed by atoms with van der Waals surface area (Å²) in [6.07, 6.45) is 8.20. The standard InChI is InChI=1S/C25H31N5O2.ClH/c31-22-19-25(9-8-20-6-1-2-7-21(20)18-25)23(32)30(22)13-4-3-12-28-14-16-29(17-15-28)24-26-10-5-11-27-24;/h1-2,5-7,10-11H,3-4,8-9,12-19H2;1H. The van der Waals surface area contributed by atoms with E-state index in [1.165, 1.54) is 11.1 Å². The van der Waals surface area contributed by atoms with Crippen LogP contribution in [0.4, 0.5) is 5.95 Å². The van der Waals surface area contributed by atoms with Crippen LogP contribution in [0.15, 0.2) is 42.7 Å². The van der Waals surface area contributed by atoms with Crippen LogP contribution in [0.3, 0.4) is 0 Å². The number of hydrogen-bond donors (Lipinski definition) is 0. The molecule has 1 aromatic carbocycles. The minimum absolute atomic E-state index is 0. The number of fused-ring (bicyclic) bond motifs is 1. The number of nitrogens with zero attached hydrogens (tertiary/aromatic N) is 5. The molecule has 3 heterocycles. The number of hydrogen-bond acceptors (Lipinski definition) is 6. The molecule has 1 spiro atoms. The number of anilines is 1. The van der Waals surface area contributed by atoms with Crippen LogP contribution in [0.25, 0.3) is 0 Å². The van der Waals surface area contributed by atoms with Crippen LogP contribution >= 0.6 is 12.4 Å². The summed E-state index contributed by atoms with van der Waals surface area (Å²) >= 11 is 0. The molecule has 3 aliphatic rings. The first-order chi connectivity index (χ1) is 15.6. The Morgan fingerprint density at radius 2 is 1.55 bits per heavy atom. The van der Waals surface area contributed by atoms with E-state index < -0.39 is 5.41 Å². The van der Waals surface area contributed by atoms with E-state index >= 15 is 0 Å². The number of aromatic nitrogens is 2. The number of carbonyl (C=O) groups excluding carboxylic acids is 2. The van der Waals surface area contributed by atoms with Gasteiger partial charge in [0.05, 0.1) is 5.41 Å². The summed E-state index contributed by atoms with van der Waals surface area (Å²) in [5.41, 5.74) is 2.07. The first kappa shape index (κ1) is 23.6. The monoisotopic (exact) mass is 469 g/mol. The van der Waals surface area contributed by atoms with E-state index in [-0.39, 0.29) is 24.2 Å². The van der Waals surface area contributed by atoms with Gasteiger partial charge in [0, 0.05) is 51.5 Å². The van der Waals surface area contributed by atoms with Crippen molar-refractivity contribution in [1.29, 1.82) is 0 Å². The number of piperazine rings is 1. The fraction of sp³-hybridized carbons (Fsp3) is 0.520. The van der Waals surface area contributed by atoms with E-state index in [0.29, 0.717) is 19.4 Å². The summed E-state index contributed by atoms with van der Waals surface area (Å²) in [5.74, 6) is 0.886. The summed E-state index contributed by atoms with van der Waals surface area (Å²) in [6.45, 7) is 5.38. The predicted octanol–water partition coefficient (Wildman–Crippen LogP) is 2.73. The molecule has 176 valence electrons. The van der Waals surface area contributed by atoms with Crippen molar-refractivity contribution in [3.05, 3.63) is 53.9 Å². The number of rotatable bonds is 6. The van der Waals surface area contributed by atoms with Gasteiger partial charge in [0.2, 0.25) is 17.8 Å². The van der Waals surface area contributed by atoms with Crippen LogP contribution in [-0.4, -0.2) is 70.9 Å². The molecule has 1 aliphatic carbocycles. The van der Waals surface area contributed by atoms with Crippen LogP contribution < -0.4 is 4.90 Å². The lowest BCUT2D eigenvalue weighted by molar-refractivity contribution is -0.141. The number of carbonyl (C=O) groups is 2. The summed E-state index contributed by atoms with van der Waals surface area (Å²) in [4.78, 5) is 40.9. The van der Waals surface area contributed by atoms with E-state index in [0.717, 1.165) is 64.4 Å². The van der Waals surface area contributed by atoms with Gasteiger partial charge in [-0.15, -0.1) is 12.4 Å². The van der Waals surface area contributed by atoms with Crippen molar-refractivity contribution >= 4 is 30.2 Å². The first-order valence-corrected chi connectivity index (χ1v) is 11.8. The number of imide groups is 1. The van der Waals surface area contributed by atoms with Crippen LogP contribution in [-0.2, 0) is 22.4 Å². The molecule has 5 rings (SSSR count). The molecule has 0 radical (unpaired) electrons. The molecule has 0 saturated carbocycles. The van der Waals surface area contributed by atoms with Crippen molar-refractivity contribution in [2.45, 2.75) is 38.5 Å². The van der Waals surface area contributed by atoms with Crippen molar-refractivity contribution in [1.82, 2.24) is 19.8 Å². The van der Waals surface area contributed by atoms with Crippen molar-refractivity contribution in [2.75, 3.05) is 44.2 Å². The Bertz CT molecular complexity index is 980. The summed E-state index contributed by atoms with van der Waals surface area (Å²) in [6, 6.07) is 10.2. The van der Waals surface area contributed by atoms with E-state index in [9.17, 15) is 9.59 Å². The highest BCUT2D eigenvalue weighted by molar-refractivity contribution is 6.06. The molecule has 1 aromatic heterocycles. The van der Waals surface area contributed by atoms with Crippen molar-refractivity contribution < 1.29 is 9.59 Å². The van der Waals surface area contributed by atoms with E-state index in [1.807, 2.05) is 12.1 Å². The molecule has 0 N–H and O–H groups in total. The average Bonchev–Trinajstić information content (AvgIpc) is 3.06. The molecule has 33 heavy (non-hydrogen) atoms. The first-order valence-electron chi connectivity index (χ1n) is 11.8. The van der Waals surface area contributed by atoms with Gasteiger partial charge in [-0.3, -0.25) is 19.4 Å². The second kappa shape index (κ2) is 10.2. The maximum absolute atomic E-state index is 13.2. The molecule has 8 heteroatoms. The quantitative estimate of drug-likeness (QED) is 0.478. The Morgan fingerprint density at radius 3 is 2.30 bits per heavy atom. The van der Waals surface area contributed by atoms with Crippen LogP contribution in [0.1, 0.15) is 36.8 Å². The minimum atomic E-state index is -0.499. The number of aryl methyl sites for hydroxylation is 1. The maximum Gasteiger partial charge on any atom is 0.236 e. The summed E-state index contributed by atoms with van der Waals surface area (Å²) < 4.78 is 0. The number of halogens is 1. The zero-order chi connectivity index (χ0) is 22.0. The molecule has 1 unspecified atom stereocenters. The largest absolute Gasteiger partial charge is 0.338 e. The third kappa shape index (κ3) is 4.89. The second-order valence-corrected chi connectivity index (χ2v) is 9.34. The Kier molecular flexibility index (Phi) is 7.29. The molecule has 2 saturated heterocycles.